The van der Waals surface area contributed by atoms with Crippen molar-refractivity contribution in [2.45, 2.75) is 20.1 Å². The Morgan fingerprint density at radius 2 is 2.06 bits per heavy atom. The highest BCUT2D eigenvalue weighted by Crippen LogP contribution is 2.21. The fraction of sp³-hybridized carbons (Fsp3) is 0.273. The van der Waals surface area contributed by atoms with Crippen molar-refractivity contribution >= 4 is 12.2 Å². The summed E-state index contributed by atoms with van der Waals surface area (Å²) in [6.07, 6.45) is 0. The first-order valence-electron chi connectivity index (χ1n) is 5.32. The van der Waals surface area contributed by atoms with Gasteiger partial charge in [0.1, 0.15) is 5.75 Å². The fourth-order valence-corrected chi connectivity index (χ4v) is 1.88. The lowest BCUT2D eigenvalue weighted by atomic mass is 10.2. The number of halogens is 2. The van der Waals surface area contributed by atoms with Crippen LogP contribution in [0.3, 0.4) is 0 Å². The van der Waals surface area contributed by atoms with Gasteiger partial charge < -0.3 is 9.30 Å². The van der Waals surface area contributed by atoms with Gasteiger partial charge in [-0.2, -0.15) is 13.9 Å². The molecule has 96 valence electrons. The first kappa shape index (κ1) is 12.7. The fourth-order valence-electron chi connectivity index (χ4n) is 1.62. The van der Waals surface area contributed by atoms with Gasteiger partial charge in [0, 0.05) is 12.1 Å². The van der Waals surface area contributed by atoms with Crippen molar-refractivity contribution in [1.82, 2.24) is 14.8 Å². The standard InChI is InChI=1S/C11H11F2N3OS/c1-2-16-9(14-15-11(16)18)7-3-5-8(6-4-7)17-10(12)13/h3-6,10H,2H2,1H3,(H,15,18). The van der Waals surface area contributed by atoms with Crippen LogP contribution in [0.1, 0.15) is 6.92 Å². The number of nitrogens with zero attached hydrogens (tertiary/aromatic N) is 2. The number of rotatable bonds is 4. The third kappa shape index (κ3) is 2.56. The second kappa shape index (κ2) is 5.26. The number of alkyl halides is 2. The molecule has 1 N–H and O–H groups in total. The molecule has 0 unspecified atom stereocenters. The molecule has 0 amide bonds. The molecule has 0 bridgehead atoms. The van der Waals surface area contributed by atoms with Crippen LogP contribution in [-0.4, -0.2) is 21.4 Å². The molecule has 2 rings (SSSR count). The number of hydrogen-bond donors (Lipinski definition) is 1. The number of aromatic nitrogens is 3. The second-order valence-corrected chi connectivity index (χ2v) is 3.89. The van der Waals surface area contributed by atoms with Gasteiger partial charge in [-0.3, -0.25) is 5.10 Å². The summed E-state index contributed by atoms with van der Waals surface area (Å²) >= 11 is 5.08. The molecule has 0 atom stereocenters. The lowest BCUT2D eigenvalue weighted by molar-refractivity contribution is -0.0498. The minimum atomic E-state index is -2.82. The molecule has 1 aromatic heterocycles. The molecule has 0 fully saturated rings. The maximum atomic E-state index is 12.0. The van der Waals surface area contributed by atoms with Gasteiger partial charge in [-0.1, -0.05) is 0 Å². The largest absolute Gasteiger partial charge is 0.435 e. The van der Waals surface area contributed by atoms with Crippen LogP contribution < -0.4 is 4.74 Å². The Hall–Kier alpha value is -1.76. The van der Waals surface area contributed by atoms with E-state index in [1.54, 1.807) is 12.1 Å². The smallest absolute Gasteiger partial charge is 0.387 e. The van der Waals surface area contributed by atoms with Gasteiger partial charge in [0.25, 0.3) is 0 Å². The van der Waals surface area contributed by atoms with E-state index in [0.29, 0.717) is 17.1 Å². The maximum Gasteiger partial charge on any atom is 0.387 e. The second-order valence-electron chi connectivity index (χ2n) is 3.50. The lowest BCUT2D eigenvalue weighted by Gasteiger charge is -2.06. The molecule has 1 aromatic carbocycles. The van der Waals surface area contributed by atoms with E-state index in [9.17, 15) is 8.78 Å². The molecule has 0 saturated carbocycles. The van der Waals surface area contributed by atoms with E-state index in [1.807, 2.05) is 11.5 Å². The summed E-state index contributed by atoms with van der Waals surface area (Å²) in [5.74, 6) is 0.789. The summed E-state index contributed by atoms with van der Waals surface area (Å²) < 4.78 is 30.6. The Bertz CT molecular complexity index is 577. The quantitative estimate of drug-likeness (QED) is 0.868. The average molecular weight is 271 g/mol. The Kier molecular flexibility index (Phi) is 3.71. The highest BCUT2D eigenvalue weighted by molar-refractivity contribution is 7.71. The average Bonchev–Trinajstić information content (AvgIpc) is 2.70. The van der Waals surface area contributed by atoms with Crippen LogP contribution in [-0.2, 0) is 6.54 Å². The molecular weight excluding hydrogens is 260 g/mol. The predicted octanol–water partition coefficient (Wildman–Crippen LogP) is 3.23. The van der Waals surface area contributed by atoms with Crippen LogP contribution >= 0.6 is 12.2 Å². The van der Waals surface area contributed by atoms with Gasteiger partial charge in [-0.15, -0.1) is 0 Å². The van der Waals surface area contributed by atoms with Crippen molar-refractivity contribution < 1.29 is 13.5 Å². The van der Waals surface area contributed by atoms with Crippen molar-refractivity contribution in [2.75, 3.05) is 0 Å². The van der Waals surface area contributed by atoms with E-state index in [2.05, 4.69) is 14.9 Å². The molecule has 0 radical (unpaired) electrons. The molecule has 0 aliphatic rings. The maximum absolute atomic E-state index is 12.0. The zero-order chi connectivity index (χ0) is 13.1. The zero-order valence-corrected chi connectivity index (χ0v) is 10.4. The van der Waals surface area contributed by atoms with Crippen molar-refractivity contribution in [2.24, 2.45) is 0 Å². The van der Waals surface area contributed by atoms with Crippen LogP contribution in [0.4, 0.5) is 8.78 Å². The van der Waals surface area contributed by atoms with Crippen LogP contribution in [0.5, 0.6) is 5.75 Å². The molecule has 18 heavy (non-hydrogen) atoms. The van der Waals surface area contributed by atoms with Gasteiger partial charge in [0.15, 0.2) is 10.6 Å². The summed E-state index contributed by atoms with van der Waals surface area (Å²) in [5.41, 5.74) is 0.783. The number of H-pyrrole nitrogens is 1. The Morgan fingerprint density at radius 1 is 1.39 bits per heavy atom. The number of hydrogen-bond acceptors (Lipinski definition) is 3. The van der Waals surface area contributed by atoms with Crippen molar-refractivity contribution in [3.05, 3.63) is 29.0 Å². The molecule has 0 aliphatic heterocycles. The summed E-state index contributed by atoms with van der Waals surface area (Å²) in [5, 5.41) is 6.80. The van der Waals surface area contributed by atoms with Gasteiger partial charge in [0.2, 0.25) is 0 Å². The van der Waals surface area contributed by atoms with Gasteiger partial charge in [0.05, 0.1) is 0 Å². The first-order valence-corrected chi connectivity index (χ1v) is 5.73. The van der Waals surface area contributed by atoms with Crippen molar-refractivity contribution in [3.8, 4) is 17.1 Å². The van der Waals surface area contributed by atoms with E-state index in [1.165, 1.54) is 12.1 Å². The highest BCUT2D eigenvalue weighted by atomic mass is 32.1. The summed E-state index contributed by atoms with van der Waals surface area (Å²) in [6.45, 7) is -0.190. The molecule has 1 heterocycles. The molecular formula is C11H11F2N3OS. The topological polar surface area (TPSA) is 42.8 Å². The van der Waals surface area contributed by atoms with E-state index in [0.717, 1.165) is 5.56 Å². The Morgan fingerprint density at radius 3 is 2.61 bits per heavy atom. The molecule has 4 nitrogen and oxygen atoms in total. The Balaban J connectivity index is 2.31. The zero-order valence-electron chi connectivity index (χ0n) is 9.56. The van der Waals surface area contributed by atoms with E-state index < -0.39 is 6.61 Å². The number of nitrogens with one attached hydrogen (secondary N) is 1. The number of ether oxygens (including phenoxy) is 1. The molecule has 0 spiro atoms. The van der Waals surface area contributed by atoms with Crippen molar-refractivity contribution in [1.29, 1.82) is 0 Å². The first-order chi connectivity index (χ1) is 8.61. The monoisotopic (exact) mass is 271 g/mol. The normalized spacial score (nSPS) is 10.9. The number of benzene rings is 1. The molecule has 2 aromatic rings. The minimum Gasteiger partial charge on any atom is -0.435 e. The summed E-state index contributed by atoms with van der Waals surface area (Å²) in [6, 6.07) is 6.27. The Labute approximate surface area is 107 Å². The summed E-state index contributed by atoms with van der Waals surface area (Å²) in [4.78, 5) is 0. The third-order valence-corrected chi connectivity index (χ3v) is 2.72. The van der Waals surface area contributed by atoms with Crippen LogP contribution in [0.15, 0.2) is 24.3 Å². The van der Waals surface area contributed by atoms with E-state index >= 15 is 0 Å². The van der Waals surface area contributed by atoms with Crippen molar-refractivity contribution in [3.63, 3.8) is 0 Å². The summed E-state index contributed by atoms with van der Waals surface area (Å²) in [7, 11) is 0. The van der Waals surface area contributed by atoms with E-state index in [-0.39, 0.29) is 5.75 Å². The van der Waals surface area contributed by atoms with Gasteiger partial charge in [-0.25, -0.2) is 0 Å². The predicted molar refractivity (Wildman–Crippen MR) is 65.2 cm³/mol. The van der Waals surface area contributed by atoms with E-state index in [4.69, 9.17) is 12.2 Å². The highest BCUT2D eigenvalue weighted by Gasteiger charge is 2.08. The van der Waals surface area contributed by atoms with Crippen LogP contribution in [0, 0.1) is 4.77 Å². The van der Waals surface area contributed by atoms with Gasteiger partial charge in [-0.05, 0) is 43.4 Å². The van der Waals surface area contributed by atoms with Crippen LogP contribution in [0.2, 0.25) is 0 Å². The third-order valence-electron chi connectivity index (χ3n) is 2.41. The SMILES string of the molecule is CCn1c(-c2ccc(OC(F)F)cc2)n[nH]c1=S. The lowest BCUT2D eigenvalue weighted by Crippen LogP contribution is -2.02. The molecule has 7 heteroatoms. The number of aromatic amines is 1. The van der Waals surface area contributed by atoms with Crippen LogP contribution in [0.25, 0.3) is 11.4 Å². The minimum absolute atomic E-state index is 0.117. The van der Waals surface area contributed by atoms with Gasteiger partial charge >= 0.3 is 6.61 Å². The molecule has 0 aliphatic carbocycles. The molecule has 0 saturated heterocycles.